The third-order valence-corrected chi connectivity index (χ3v) is 8.59. The molecule has 0 spiro atoms. The molecule has 0 aromatic heterocycles. The number of phenols is 1. The maximum Gasteiger partial charge on any atom is 0.230 e. The molecule has 1 saturated heterocycles. The molecular formula is C26H32N2O2. The highest BCUT2D eigenvalue weighted by atomic mass is 16.3. The lowest BCUT2D eigenvalue weighted by atomic mass is 9.59. The van der Waals surface area contributed by atoms with Gasteiger partial charge in [-0.25, -0.2) is 0 Å². The van der Waals surface area contributed by atoms with Crippen LogP contribution in [0.15, 0.2) is 48.5 Å². The smallest absolute Gasteiger partial charge is 0.230 e. The van der Waals surface area contributed by atoms with Crippen molar-refractivity contribution in [2.75, 3.05) is 20.1 Å². The Balaban J connectivity index is 1.41. The summed E-state index contributed by atoms with van der Waals surface area (Å²) in [6.45, 7) is 6.77. The molecule has 2 aromatic rings. The molecule has 4 nitrogen and oxygen atoms in total. The number of nitrogens with zero attached hydrogens (tertiary/aromatic N) is 1. The number of carbonyl (C=O) groups excluding carboxylic acids is 1. The molecule has 3 aliphatic rings. The molecule has 2 aliphatic carbocycles. The number of phenolic OH excluding ortho intramolecular Hbond substituents is 1. The Morgan fingerprint density at radius 2 is 2.00 bits per heavy atom. The Morgan fingerprint density at radius 1 is 1.23 bits per heavy atom. The van der Waals surface area contributed by atoms with E-state index in [1.54, 1.807) is 7.05 Å². The van der Waals surface area contributed by atoms with Crippen molar-refractivity contribution >= 4 is 5.91 Å². The lowest BCUT2D eigenvalue weighted by molar-refractivity contribution is -0.123. The predicted octanol–water partition coefficient (Wildman–Crippen LogP) is 3.62. The zero-order chi connectivity index (χ0) is 21.1. The second-order valence-electron chi connectivity index (χ2n) is 9.88. The summed E-state index contributed by atoms with van der Waals surface area (Å²) in [6, 6.07) is 16.7. The molecule has 1 amide bonds. The third kappa shape index (κ3) is 2.73. The van der Waals surface area contributed by atoms with Gasteiger partial charge < -0.3 is 10.4 Å². The van der Waals surface area contributed by atoms with Crippen molar-refractivity contribution in [1.82, 2.24) is 10.2 Å². The SMILES string of the molecule is CNC(=O)[C@@]1(c2ccccc2)C[C@H]1CN1CC[C@@]2(C)c3cc(O)ccc3C[C@@H]1[C@@H]2C. The Kier molecular flexibility index (Phi) is 4.48. The van der Waals surface area contributed by atoms with Crippen molar-refractivity contribution < 1.29 is 9.90 Å². The molecule has 2 N–H and O–H groups in total. The van der Waals surface area contributed by atoms with E-state index in [4.69, 9.17) is 0 Å². The minimum Gasteiger partial charge on any atom is -0.508 e. The number of hydrogen-bond acceptors (Lipinski definition) is 3. The summed E-state index contributed by atoms with van der Waals surface area (Å²) in [5.41, 5.74) is 3.58. The number of hydrogen-bond donors (Lipinski definition) is 2. The average molecular weight is 405 g/mol. The lowest BCUT2D eigenvalue weighted by Crippen LogP contribution is -2.58. The number of carbonyl (C=O) groups is 1. The molecule has 4 heteroatoms. The van der Waals surface area contributed by atoms with Crippen LogP contribution in [0.4, 0.5) is 0 Å². The number of amides is 1. The number of likely N-dealkylation sites (tertiary alicyclic amines) is 1. The van der Waals surface area contributed by atoms with Crippen LogP contribution < -0.4 is 5.32 Å². The number of fused-ring (bicyclic) bond motifs is 4. The van der Waals surface area contributed by atoms with Crippen molar-refractivity contribution in [1.29, 1.82) is 0 Å². The number of rotatable bonds is 4. The first-order chi connectivity index (χ1) is 14.4. The van der Waals surface area contributed by atoms with Gasteiger partial charge in [0.25, 0.3) is 0 Å². The number of nitrogens with one attached hydrogen (secondary N) is 1. The van der Waals surface area contributed by atoms with E-state index in [9.17, 15) is 9.90 Å². The maximum atomic E-state index is 12.9. The normalized spacial score (nSPS) is 34.8. The molecule has 0 radical (unpaired) electrons. The zero-order valence-electron chi connectivity index (χ0n) is 18.2. The lowest BCUT2D eigenvalue weighted by Gasteiger charge is -2.55. The van der Waals surface area contributed by atoms with Crippen LogP contribution in [0.3, 0.4) is 0 Å². The molecule has 158 valence electrons. The molecule has 1 heterocycles. The summed E-state index contributed by atoms with van der Waals surface area (Å²) >= 11 is 0. The Labute approximate surface area is 179 Å². The van der Waals surface area contributed by atoms with E-state index in [0.29, 0.717) is 23.6 Å². The number of likely N-dealkylation sites (N-methyl/N-ethyl adjacent to an activating group) is 1. The molecule has 1 aliphatic heterocycles. The Hall–Kier alpha value is -2.33. The molecule has 0 unspecified atom stereocenters. The van der Waals surface area contributed by atoms with E-state index in [-0.39, 0.29) is 16.7 Å². The molecular weight excluding hydrogens is 372 g/mol. The van der Waals surface area contributed by atoms with Crippen LogP contribution in [0.5, 0.6) is 5.75 Å². The first kappa shape index (κ1) is 19.6. The van der Waals surface area contributed by atoms with Crippen molar-refractivity contribution in [2.45, 2.75) is 50.0 Å². The van der Waals surface area contributed by atoms with Gasteiger partial charge in [-0.15, -0.1) is 0 Å². The summed E-state index contributed by atoms with van der Waals surface area (Å²) < 4.78 is 0. The molecule has 2 fully saturated rings. The molecule has 2 bridgehead atoms. The quantitative estimate of drug-likeness (QED) is 0.818. The first-order valence-corrected chi connectivity index (χ1v) is 11.2. The van der Waals surface area contributed by atoms with Crippen LogP contribution in [0.2, 0.25) is 0 Å². The predicted molar refractivity (Wildman–Crippen MR) is 119 cm³/mol. The minimum absolute atomic E-state index is 0.106. The van der Waals surface area contributed by atoms with Crippen LogP contribution in [-0.2, 0) is 22.0 Å². The van der Waals surface area contributed by atoms with E-state index in [1.807, 2.05) is 30.3 Å². The number of benzene rings is 2. The van der Waals surface area contributed by atoms with Crippen LogP contribution >= 0.6 is 0 Å². The summed E-state index contributed by atoms with van der Waals surface area (Å²) in [5.74, 6) is 1.40. The highest BCUT2D eigenvalue weighted by Gasteiger charge is 2.61. The number of aromatic hydroxyl groups is 1. The second kappa shape index (κ2) is 6.84. The van der Waals surface area contributed by atoms with Gasteiger partial charge in [-0.05, 0) is 71.9 Å². The van der Waals surface area contributed by atoms with E-state index in [1.165, 1.54) is 11.1 Å². The van der Waals surface area contributed by atoms with Crippen LogP contribution in [-0.4, -0.2) is 42.1 Å². The van der Waals surface area contributed by atoms with Crippen LogP contribution in [0.1, 0.15) is 43.4 Å². The summed E-state index contributed by atoms with van der Waals surface area (Å²) in [4.78, 5) is 15.6. The fourth-order valence-corrected chi connectivity index (χ4v) is 6.48. The fourth-order valence-electron chi connectivity index (χ4n) is 6.48. The Morgan fingerprint density at radius 3 is 2.73 bits per heavy atom. The van der Waals surface area contributed by atoms with Gasteiger partial charge in [-0.1, -0.05) is 50.2 Å². The van der Waals surface area contributed by atoms with Crippen LogP contribution in [0, 0.1) is 11.8 Å². The summed E-state index contributed by atoms with van der Waals surface area (Å²) in [5, 5.41) is 13.0. The Bertz CT molecular complexity index is 974. The summed E-state index contributed by atoms with van der Waals surface area (Å²) in [7, 11) is 1.75. The van der Waals surface area contributed by atoms with Gasteiger partial charge in [-0.2, -0.15) is 0 Å². The molecule has 5 rings (SSSR count). The topological polar surface area (TPSA) is 52.6 Å². The minimum atomic E-state index is -0.377. The van der Waals surface area contributed by atoms with Crippen molar-refractivity contribution in [3.63, 3.8) is 0 Å². The fraction of sp³-hybridized carbons (Fsp3) is 0.500. The van der Waals surface area contributed by atoms with Gasteiger partial charge in [0.2, 0.25) is 5.91 Å². The monoisotopic (exact) mass is 404 g/mol. The zero-order valence-corrected chi connectivity index (χ0v) is 18.2. The third-order valence-electron chi connectivity index (χ3n) is 8.59. The molecule has 5 atom stereocenters. The van der Waals surface area contributed by atoms with Crippen molar-refractivity contribution in [3.05, 3.63) is 65.2 Å². The van der Waals surface area contributed by atoms with Gasteiger partial charge in [0.1, 0.15) is 5.75 Å². The van der Waals surface area contributed by atoms with Gasteiger partial charge in [0.05, 0.1) is 5.41 Å². The maximum absolute atomic E-state index is 12.9. The first-order valence-electron chi connectivity index (χ1n) is 11.2. The van der Waals surface area contributed by atoms with Crippen molar-refractivity contribution in [3.8, 4) is 5.75 Å². The highest BCUT2D eigenvalue weighted by Crippen LogP contribution is 2.56. The van der Waals surface area contributed by atoms with Crippen molar-refractivity contribution in [2.24, 2.45) is 11.8 Å². The van der Waals surface area contributed by atoms with E-state index in [2.05, 4.69) is 42.3 Å². The van der Waals surface area contributed by atoms with Gasteiger partial charge >= 0.3 is 0 Å². The van der Waals surface area contributed by atoms with E-state index < -0.39 is 0 Å². The van der Waals surface area contributed by atoms with Gasteiger partial charge in [-0.3, -0.25) is 9.69 Å². The molecule has 30 heavy (non-hydrogen) atoms. The van der Waals surface area contributed by atoms with Crippen LogP contribution in [0.25, 0.3) is 0 Å². The van der Waals surface area contributed by atoms with Gasteiger partial charge in [0.15, 0.2) is 0 Å². The summed E-state index contributed by atoms with van der Waals surface area (Å²) in [6.07, 6.45) is 3.04. The standard InChI is InChI=1S/C26H32N2O2/c1-17-23-13-18-9-10-21(29)14-22(18)25(17,2)11-12-28(23)16-20-15-26(20,24(30)27-3)19-7-5-4-6-8-19/h4-10,14,17,20,23,29H,11-13,15-16H2,1-3H3,(H,27,30)/t17-,20-,23+,25+,26+/m0/s1. The number of piperidine rings is 1. The largest absolute Gasteiger partial charge is 0.508 e. The van der Waals surface area contributed by atoms with E-state index in [0.717, 1.165) is 37.9 Å². The highest BCUT2D eigenvalue weighted by molar-refractivity contribution is 5.91. The second-order valence-corrected chi connectivity index (χ2v) is 9.88. The van der Waals surface area contributed by atoms with E-state index >= 15 is 0 Å². The molecule has 2 aromatic carbocycles. The molecule has 1 saturated carbocycles. The van der Waals surface area contributed by atoms with Gasteiger partial charge in [0, 0.05) is 19.6 Å². The average Bonchev–Trinajstić information content (AvgIpc) is 3.48.